The first-order chi connectivity index (χ1) is 13.9. The minimum Gasteiger partial charge on any atom is -0.369 e. The first-order valence-corrected chi connectivity index (χ1v) is 8.84. The van der Waals surface area contributed by atoms with E-state index in [-0.39, 0.29) is 34.7 Å². The van der Waals surface area contributed by atoms with Gasteiger partial charge in [-0.3, -0.25) is 0 Å². The SMILES string of the molecule is Fc1cccc(CCNc2c(-c3c(F)cc(F)cc3F)c(Cl)nc3ncnn23)c1. The normalized spacial score (nSPS) is 11.2. The second kappa shape index (κ2) is 7.67. The summed E-state index contributed by atoms with van der Waals surface area (Å²) in [6.45, 7) is 0.260. The number of anilines is 1. The molecule has 0 atom stereocenters. The average molecular weight is 422 g/mol. The summed E-state index contributed by atoms with van der Waals surface area (Å²) in [6, 6.07) is 7.14. The van der Waals surface area contributed by atoms with E-state index in [9.17, 15) is 17.6 Å². The van der Waals surface area contributed by atoms with Crippen LogP contribution < -0.4 is 5.32 Å². The van der Waals surface area contributed by atoms with E-state index < -0.39 is 23.0 Å². The van der Waals surface area contributed by atoms with Crippen LogP contribution in [0.3, 0.4) is 0 Å². The van der Waals surface area contributed by atoms with Gasteiger partial charge in [0.2, 0.25) is 0 Å². The zero-order chi connectivity index (χ0) is 20.5. The second-order valence-electron chi connectivity index (χ2n) is 6.15. The summed E-state index contributed by atoms with van der Waals surface area (Å²) in [4.78, 5) is 7.92. The van der Waals surface area contributed by atoms with E-state index in [0.29, 0.717) is 24.1 Å². The van der Waals surface area contributed by atoms with Gasteiger partial charge in [0.1, 0.15) is 40.6 Å². The predicted molar refractivity (Wildman–Crippen MR) is 99.7 cm³/mol. The number of hydrogen-bond acceptors (Lipinski definition) is 4. The van der Waals surface area contributed by atoms with Crippen LogP contribution in [-0.2, 0) is 6.42 Å². The Morgan fingerprint density at radius 2 is 1.72 bits per heavy atom. The van der Waals surface area contributed by atoms with Gasteiger partial charge in [0.15, 0.2) is 0 Å². The number of benzene rings is 2. The maximum atomic E-state index is 14.4. The Morgan fingerprint density at radius 1 is 0.966 bits per heavy atom. The van der Waals surface area contributed by atoms with Gasteiger partial charge in [-0.2, -0.15) is 19.6 Å². The molecule has 0 radical (unpaired) electrons. The largest absolute Gasteiger partial charge is 0.369 e. The lowest BCUT2D eigenvalue weighted by molar-refractivity contribution is 0.548. The zero-order valence-electron chi connectivity index (χ0n) is 14.6. The van der Waals surface area contributed by atoms with Gasteiger partial charge in [0.25, 0.3) is 5.78 Å². The molecule has 10 heteroatoms. The first-order valence-electron chi connectivity index (χ1n) is 8.46. The van der Waals surface area contributed by atoms with Crippen molar-refractivity contribution in [2.75, 3.05) is 11.9 Å². The Kier molecular flexibility index (Phi) is 5.06. The Labute approximate surface area is 167 Å². The molecular weight excluding hydrogens is 410 g/mol. The standard InChI is InChI=1S/C19H12ClF4N5/c20-17-16(15-13(23)7-12(22)8-14(15)24)18(29-19(28-17)26-9-27-29)25-5-4-10-2-1-3-11(21)6-10/h1-3,6-9,25H,4-5H2. The highest BCUT2D eigenvalue weighted by Crippen LogP contribution is 2.37. The average Bonchev–Trinajstić information content (AvgIpc) is 3.11. The van der Waals surface area contributed by atoms with E-state index >= 15 is 0 Å². The lowest BCUT2D eigenvalue weighted by Gasteiger charge is -2.16. The highest BCUT2D eigenvalue weighted by molar-refractivity contribution is 6.33. The Bertz CT molecular complexity index is 1190. The van der Waals surface area contributed by atoms with Crippen LogP contribution in [0.1, 0.15) is 5.56 Å². The second-order valence-corrected chi connectivity index (χ2v) is 6.51. The molecule has 2 aromatic carbocycles. The van der Waals surface area contributed by atoms with Gasteiger partial charge in [-0.1, -0.05) is 23.7 Å². The summed E-state index contributed by atoms with van der Waals surface area (Å²) in [5.74, 6) is -3.48. The lowest BCUT2D eigenvalue weighted by Crippen LogP contribution is -2.12. The third kappa shape index (κ3) is 3.73. The molecule has 2 aromatic heterocycles. The molecule has 2 heterocycles. The van der Waals surface area contributed by atoms with E-state index in [0.717, 1.165) is 0 Å². The monoisotopic (exact) mass is 421 g/mol. The molecular formula is C19H12ClF4N5. The molecule has 0 fully saturated rings. The van der Waals surface area contributed by atoms with Gasteiger partial charge < -0.3 is 5.32 Å². The van der Waals surface area contributed by atoms with Crippen molar-refractivity contribution in [3.05, 3.63) is 76.7 Å². The minimum atomic E-state index is -1.14. The quantitative estimate of drug-likeness (QED) is 0.376. The molecule has 5 nitrogen and oxygen atoms in total. The molecule has 0 aliphatic rings. The molecule has 0 bridgehead atoms. The molecule has 1 N–H and O–H groups in total. The Balaban J connectivity index is 1.78. The van der Waals surface area contributed by atoms with Gasteiger partial charge in [-0.05, 0) is 24.1 Å². The Morgan fingerprint density at radius 3 is 2.45 bits per heavy atom. The van der Waals surface area contributed by atoms with Crippen LogP contribution in [0.2, 0.25) is 5.15 Å². The van der Waals surface area contributed by atoms with Crippen molar-refractivity contribution in [1.82, 2.24) is 19.6 Å². The third-order valence-electron chi connectivity index (χ3n) is 4.23. The molecule has 0 saturated heterocycles. The lowest BCUT2D eigenvalue weighted by atomic mass is 10.1. The molecule has 0 aliphatic heterocycles. The highest BCUT2D eigenvalue weighted by Gasteiger charge is 2.24. The number of nitrogens with one attached hydrogen (secondary N) is 1. The third-order valence-corrected chi connectivity index (χ3v) is 4.51. The number of aromatic nitrogens is 4. The number of rotatable bonds is 5. The van der Waals surface area contributed by atoms with Crippen LogP contribution in [0.4, 0.5) is 23.4 Å². The number of hydrogen-bond donors (Lipinski definition) is 1. The van der Waals surface area contributed by atoms with Crippen molar-refractivity contribution in [1.29, 1.82) is 0 Å². The van der Waals surface area contributed by atoms with Gasteiger partial charge in [-0.15, -0.1) is 0 Å². The zero-order valence-corrected chi connectivity index (χ0v) is 15.4. The van der Waals surface area contributed by atoms with E-state index in [4.69, 9.17) is 11.6 Å². The summed E-state index contributed by atoms with van der Waals surface area (Å²) in [5.41, 5.74) is 0.0432. The summed E-state index contributed by atoms with van der Waals surface area (Å²) in [7, 11) is 0. The molecule has 29 heavy (non-hydrogen) atoms. The minimum absolute atomic E-state index is 0.106. The highest BCUT2D eigenvalue weighted by atomic mass is 35.5. The molecule has 0 unspecified atom stereocenters. The molecule has 0 aliphatic carbocycles. The van der Waals surface area contributed by atoms with Crippen molar-refractivity contribution in [2.24, 2.45) is 0 Å². The van der Waals surface area contributed by atoms with Crippen LogP contribution >= 0.6 is 11.6 Å². The van der Waals surface area contributed by atoms with Crippen molar-refractivity contribution >= 4 is 23.2 Å². The smallest absolute Gasteiger partial charge is 0.255 e. The topological polar surface area (TPSA) is 55.1 Å². The number of halogens is 5. The van der Waals surface area contributed by atoms with Crippen LogP contribution in [0, 0.1) is 23.3 Å². The number of fused-ring (bicyclic) bond motifs is 1. The van der Waals surface area contributed by atoms with Crippen LogP contribution in [0.5, 0.6) is 0 Å². The van der Waals surface area contributed by atoms with Crippen molar-refractivity contribution < 1.29 is 17.6 Å². The summed E-state index contributed by atoms with van der Waals surface area (Å²) < 4.78 is 56.8. The van der Waals surface area contributed by atoms with E-state index in [2.05, 4.69) is 20.4 Å². The van der Waals surface area contributed by atoms with Gasteiger partial charge in [0.05, 0.1) is 11.1 Å². The van der Waals surface area contributed by atoms with Crippen LogP contribution in [0.15, 0.2) is 42.7 Å². The van der Waals surface area contributed by atoms with Gasteiger partial charge >= 0.3 is 0 Å². The van der Waals surface area contributed by atoms with E-state index in [1.807, 2.05) is 0 Å². The fourth-order valence-electron chi connectivity index (χ4n) is 3.00. The number of nitrogens with zero attached hydrogens (tertiary/aromatic N) is 4. The molecule has 0 saturated carbocycles. The van der Waals surface area contributed by atoms with Crippen molar-refractivity contribution in [2.45, 2.75) is 6.42 Å². The fourth-order valence-corrected chi connectivity index (χ4v) is 3.26. The summed E-state index contributed by atoms with van der Waals surface area (Å²) in [6.07, 6.45) is 1.61. The summed E-state index contributed by atoms with van der Waals surface area (Å²) >= 11 is 6.19. The molecule has 0 spiro atoms. The van der Waals surface area contributed by atoms with Crippen LogP contribution in [-0.4, -0.2) is 26.1 Å². The van der Waals surface area contributed by atoms with Crippen molar-refractivity contribution in [3.63, 3.8) is 0 Å². The van der Waals surface area contributed by atoms with E-state index in [1.54, 1.807) is 12.1 Å². The predicted octanol–water partition coefficient (Wildman–Crippen LogP) is 4.66. The van der Waals surface area contributed by atoms with Gasteiger partial charge in [0, 0.05) is 18.7 Å². The van der Waals surface area contributed by atoms with Crippen molar-refractivity contribution in [3.8, 4) is 11.1 Å². The fraction of sp³-hybridized carbons (Fsp3) is 0.105. The maximum absolute atomic E-state index is 14.4. The van der Waals surface area contributed by atoms with E-state index in [1.165, 1.54) is 23.0 Å². The summed E-state index contributed by atoms with van der Waals surface area (Å²) in [5, 5.41) is 6.78. The van der Waals surface area contributed by atoms with Crippen LogP contribution in [0.25, 0.3) is 16.9 Å². The molecule has 4 aromatic rings. The molecule has 148 valence electrons. The molecule has 4 rings (SSSR count). The van der Waals surface area contributed by atoms with Gasteiger partial charge in [-0.25, -0.2) is 17.6 Å². The molecule has 0 amide bonds. The maximum Gasteiger partial charge on any atom is 0.255 e. The Hall–Kier alpha value is -3.20. The first kappa shape index (κ1) is 19.1.